The van der Waals surface area contributed by atoms with Crippen LogP contribution in [0.4, 0.5) is 5.69 Å². The number of esters is 1. The SMILES string of the molecule is O=C(COC(=O)CN1C(=O)[C@@H]2[C@H]3C[C@@H]([C@H](Br)[C@H]3Br)[C@H]2C1=O)Nc1cccc(Cl)c1Cl. The van der Waals surface area contributed by atoms with Crippen molar-refractivity contribution in [3.05, 3.63) is 28.2 Å². The number of imide groups is 1. The quantitative estimate of drug-likeness (QED) is 0.327. The average molecular weight is 583 g/mol. The lowest BCUT2D eigenvalue weighted by atomic mass is 9.81. The molecule has 3 amide bonds. The van der Waals surface area contributed by atoms with Crippen LogP contribution in [0.1, 0.15) is 6.42 Å². The van der Waals surface area contributed by atoms with Gasteiger partial charge in [0.1, 0.15) is 6.54 Å². The summed E-state index contributed by atoms with van der Waals surface area (Å²) in [4.78, 5) is 51.0. The molecule has 6 atom stereocenters. The molecule has 0 unspecified atom stereocenters. The molecule has 3 fully saturated rings. The Balaban J connectivity index is 1.33. The molecule has 2 saturated carbocycles. The van der Waals surface area contributed by atoms with Gasteiger partial charge in [-0.15, -0.1) is 0 Å². The molecule has 0 radical (unpaired) electrons. The second-order valence-corrected chi connectivity index (χ2v) is 10.5. The number of hydrogen-bond donors (Lipinski definition) is 1. The highest BCUT2D eigenvalue weighted by Gasteiger charge is 2.66. The molecule has 1 aromatic carbocycles. The van der Waals surface area contributed by atoms with E-state index in [-0.39, 0.29) is 49.0 Å². The Hall–Kier alpha value is -1.16. The van der Waals surface area contributed by atoms with E-state index in [1.807, 2.05) is 0 Å². The van der Waals surface area contributed by atoms with Crippen molar-refractivity contribution in [3.8, 4) is 0 Å². The van der Waals surface area contributed by atoms with Crippen LogP contribution in [0, 0.1) is 23.7 Å². The molecule has 1 N–H and O–H groups in total. The molecule has 7 nitrogen and oxygen atoms in total. The van der Waals surface area contributed by atoms with E-state index in [1.54, 1.807) is 18.2 Å². The standard InChI is InChI=1S/C19H16Br2Cl2N2O5/c20-15-7-4-8(16(15)21)14-13(7)18(28)25(19(14)29)5-12(27)30-6-11(26)24-10-3-1-2-9(22)17(10)23/h1-3,7-8,13-16H,4-6H2,(H,24,26)/t7-,8-,13-,14-,15+,16+/m1/s1. The zero-order chi connectivity index (χ0) is 21.7. The summed E-state index contributed by atoms with van der Waals surface area (Å²) >= 11 is 19.1. The third-order valence-corrected chi connectivity index (χ3v) is 9.98. The normalized spacial score (nSPS) is 31.8. The van der Waals surface area contributed by atoms with Gasteiger partial charge in [-0.25, -0.2) is 0 Å². The van der Waals surface area contributed by atoms with Crippen LogP contribution in [0.25, 0.3) is 0 Å². The summed E-state index contributed by atoms with van der Waals surface area (Å²) < 4.78 is 4.95. The number of nitrogens with zero attached hydrogens (tertiary/aromatic N) is 1. The van der Waals surface area contributed by atoms with E-state index in [2.05, 4.69) is 37.2 Å². The van der Waals surface area contributed by atoms with E-state index < -0.39 is 36.9 Å². The van der Waals surface area contributed by atoms with Crippen molar-refractivity contribution in [2.75, 3.05) is 18.5 Å². The topological polar surface area (TPSA) is 92.8 Å². The third-order valence-electron chi connectivity index (χ3n) is 5.96. The number of fused-ring (bicyclic) bond motifs is 5. The van der Waals surface area contributed by atoms with E-state index in [9.17, 15) is 19.2 Å². The van der Waals surface area contributed by atoms with Gasteiger partial charge < -0.3 is 10.1 Å². The van der Waals surface area contributed by atoms with E-state index in [0.717, 1.165) is 11.3 Å². The van der Waals surface area contributed by atoms with E-state index in [1.165, 1.54) is 0 Å². The molecule has 4 rings (SSSR count). The van der Waals surface area contributed by atoms with Crippen molar-refractivity contribution < 1.29 is 23.9 Å². The number of carbonyl (C=O) groups is 4. The highest BCUT2D eigenvalue weighted by atomic mass is 79.9. The van der Waals surface area contributed by atoms with Gasteiger partial charge in [0.05, 0.1) is 27.6 Å². The minimum Gasteiger partial charge on any atom is -0.454 e. The summed E-state index contributed by atoms with van der Waals surface area (Å²) in [6, 6.07) is 4.73. The number of likely N-dealkylation sites (tertiary alicyclic amines) is 1. The molecule has 30 heavy (non-hydrogen) atoms. The second-order valence-electron chi connectivity index (χ2n) is 7.58. The summed E-state index contributed by atoms with van der Waals surface area (Å²) in [6.07, 6.45) is 0.809. The third kappa shape index (κ3) is 3.67. The number of alkyl halides is 2. The summed E-state index contributed by atoms with van der Waals surface area (Å²) in [6.45, 7) is -1.09. The number of rotatable bonds is 5. The summed E-state index contributed by atoms with van der Waals surface area (Å²) in [5.41, 5.74) is 0.284. The molecular weight excluding hydrogens is 567 g/mol. The molecule has 0 spiro atoms. The number of hydrogen-bond acceptors (Lipinski definition) is 5. The van der Waals surface area contributed by atoms with Crippen molar-refractivity contribution in [1.29, 1.82) is 0 Å². The Morgan fingerprint density at radius 3 is 2.30 bits per heavy atom. The molecule has 1 aromatic rings. The average Bonchev–Trinajstić information content (AvgIpc) is 3.31. The van der Waals surface area contributed by atoms with Crippen molar-refractivity contribution in [2.45, 2.75) is 16.1 Å². The predicted octanol–water partition coefficient (Wildman–Crippen LogP) is 3.25. The Labute approximate surface area is 199 Å². The molecule has 3 aliphatic rings. The number of benzene rings is 1. The molecule has 2 aliphatic carbocycles. The maximum Gasteiger partial charge on any atom is 0.326 e. The van der Waals surface area contributed by atoms with Gasteiger partial charge in [0, 0.05) is 9.65 Å². The minimum absolute atomic E-state index is 0.0649. The minimum atomic E-state index is -0.831. The Bertz CT molecular complexity index is 913. The van der Waals surface area contributed by atoms with Crippen LogP contribution in [0.5, 0.6) is 0 Å². The zero-order valence-electron chi connectivity index (χ0n) is 15.3. The number of carbonyl (C=O) groups excluding carboxylic acids is 4. The lowest BCUT2D eigenvalue weighted by Crippen LogP contribution is -2.38. The highest BCUT2D eigenvalue weighted by molar-refractivity contribution is 9.12. The largest absolute Gasteiger partial charge is 0.454 e. The summed E-state index contributed by atoms with van der Waals surface area (Å²) in [5, 5.41) is 2.93. The van der Waals surface area contributed by atoms with Gasteiger partial charge in [-0.3, -0.25) is 24.1 Å². The molecule has 1 heterocycles. The van der Waals surface area contributed by atoms with Crippen molar-refractivity contribution in [1.82, 2.24) is 4.90 Å². The molecule has 1 saturated heterocycles. The Kier molecular flexibility index (Phi) is 6.18. The fourth-order valence-corrected chi connectivity index (χ4v) is 6.89. The van der Waals surface area contributed by atoms with Crippen LogP contribution in [0.2, 0.25) is 10.0 Å². The van der Waals surface area contributed by atoms with Gasteiger partial charge in [0.25, 0.3) is 5.91 Å². The zero-order valence-corrected chi connectivity index (χ0v) is 20.0. The first-order chi connectivity index (χ1) is 14.2. The van der Waals surface area contributed by atoms with Crippen molar-refractivity contribution >= 4 is 84.4 Å². The molecular formula is C19H16Br2Cl2N2O5. The molecule has 11 heteroatoms. The molecule has 2 bridgehead atoms. The lowest BCUT2D eigenvalue weighted by Gasteiger charge is -2.28. The Morgan fingerprint density at radius 2 is 1.70 bits per heavy atom. The Morgan fingerprint density at radius 1 is 1.10 bits per heavy atom. The number of halogens is 4. The highest BCUT2D eigenvalue weighted by Crippen LogP contribution is 2.60. The maximum absolute atomic E-state index is 12.8. The predicted molar refractivity (Wildman–Crippen MR) is 117 cm³/mol. The van der Waals surface area contributed by atoms with Crippen LogP contribution in [0.3, 0.4) is 0 Å². The maximum atomic E-state index is 12.8. The molecule has 0 aromatic heterocycles. The number of anilines is 1. The first-order valence-corrected chi connectivity index (χ1v) is 11.8. The first kappa shape index (κ1) is 22.0. The first-order valence-electron chi connectivity index (χ1n) is 9.23. The lowest BCUT2D eigenvalue weighted by molar-refractivity contribution is -0.154. The number of nitrogens with one attached hydrogen (secondary N) is 1. The van der Waals surface area contributed by atoms with Crippen LogP contribution in [-0.4, -0.2) is 51.4 Å². The van der Waals surface area contributed by atoms with Crippen LogP contribution < -0.4 is 5.32 Å². The molecule has 1 aliphatic heterocycles. The van der Waals surface area contributed by atoms with Gasteiger partial charge in [0.15, 0.2) is 6.61 Å². The van der Waals surface area contributed by atoms with E-state index in [4.69, 9.17) is 27.9 Å². The van der Waals surface area contributed by atoms with Gasteiger partial charge in [0.2, 0.25) is 11.8 Å². The van der Waals surface area contributed by atoms with Crippen LogP contribution >= 0.6 is 55.1 Å². The second kappa shape index (κ2) is 8.41. The fourth-order valence-electron chi connectivity index (χ4n) is 4.67. The summed E-state index contributed by atoms with van der Waals surface area (Å²) in [7, 11) is 0. The summed E-state index contributed by atoms with van der Waals surface area (Å²) in [5.74, 6) is -2.80. The smallest absolute Gasteiger partial charge is 0.326 e. The van der Waals surface area contributed by atoms with Gasteiger partial charge in [-0.05, 0) is 30.4 Å². The molecule has 160 valence electrons. The van der Waals surface area contributed by atoms with Gasteiger partial charge >= 0.3 is 5.97 Å². The van der Waals surface area contributed by atoms with Crippen molar-refractivity contribution in [2.24, 2.45) is 23.7 Å². The van der Waals surface area contributed by atoms with Crippen LogP contribution in [-0.2, 0) is 23.9 Å². The van der Waals surface area contributed by atoms with Gasteiger partial charge in [-0.2, -0.15) is 0 Å². The van der Waals surface area contributed by atoms with Gasteiger partial charge in [-0.1, -0.05) is 61.1 Å². The van der Waals surface area contributed by atoms with Crippen LogP contribution in [0.15, 0.2) is 18.2 Å². The number of ether oxygens (including phenoxy) is 1. The van der Waals surface area contributed by atoms with E-state index in [0.29, 0.717) is 0 Å². The monoisotopic (exact) mass is 580 g/mol. The number of amides is 3. The van der Waals surface area contributed by atoms with E-state index >= 15 is 0 Å². The fraction of sp³-hybridized carbons (Fsp3) is 0.474. The van der Waals surface area contributed by atoms with Crippen molar-refractivity contribution in [3.63, 3.8) is 0 Å².